The van der Waals surface area contributed by atoms with Gasteiger partial charge in [-0.3, -0.25) is 9.69 Å². The van der Waals surface area contributed by atoms with Gasteiger partial charge in [0.2, 0.25) is 0 Å². The number of aromatic amines is 1. The summed E-state index contributed by atoms with van der Waals surface area (Å²) in [6.07, 6.45) is 1.16. The molecule has 118 valence electrons. The number of hydrogen-bond acceptors (Lipinski definition) is 4. The van der Waals surface area contributed by atoms with Crippen molar-refractivity contribution in [3.63, 3.8) is 0 Å². The van der Waals surface area contributed by atoms with Crippen molar-refractivity contribution < 1.29 is 0 Å². The topological polar surface area (TPSA) is 48.1 Å². The maximum atomic E-state index is 11.9. The number of aromatic nitrogens is 1. The first kappa shape index (κ1) is 15.5. The molecule has 0 atom stereocenters. The first-order valence-electron chi connectivity index (χ1n) is 7.86. The summed E-state index contributed by atoms with van der Waals surface area (Å²) in [6.45, 7) is 9.32. The van der Waals surface area contributed by atoms with Gasteiger partial charge in [0.25, 0.3) is 0 Å². The summed E-state index contributed by atoms with van der Waals surface area (Å²) in [4.78, 5) is 18.5. The van der Waals surface area contributed by atoms with E-state index in [1.807, 2.05) is 0 Å². The highest BCUT2D eigenvalue weighted by atomic mass is 32.1. The molecule has 1 aliphatic rings. The lowest BCUT2D eigenvalue weighted by Crippen LogP contribution is -2.27. The van der Waals surface area contributed by atoms with Gasteiger partial charge in [0.05, 0.1) is 5.69 Å². The molecule has 0 bridgehead atoms. The van der Waals surface area contributed by atoms with Crippen LogP contribution in [-0.4, -0.2) is 36.1 Å². The lowest BCUT2D eigenvalue weighted by atomic mass is 10.0. The molecule has 0 radical (unpaired) electrons. The number of hydrogen-bond donors (Lipinski definition) is 2. The molecule has 22 heavy (non-hydrogen) atoms. The maximum Gasteiger partial charge on any atom is 0.305 e. The third-order valence-electron chi connectivity index (χ3n) is 4.32. The number of nitrogens with one attached hydrogen (secondary N) is 2. The van der Waals surface area contributed by atoms with E-state index in [1.165, 1.54) is 22.5 Å². The summed E-state index contributed by atoms with van der Waals surface area (Å²) in [7, 11) is 0. The molecule has 4 nitrogen and oxygen atoms in total. The molecule has 0 unspecified atom stereocenters. The molecular formula is C17H23N3OS. The highest BCUT2D eigenvalue weighted by Crippen LogP contribution is 2.26. The number of thiazole rings is 1. The second-order valence-corrected chi connectivity index (χ2v) is 7.06. The van der Waals surface area contributed by atoms with Gasteiger partial charge < -0.3 is 10.3 Å². The molecule has 2 N–H and O–H groups in total. The van der Waals surface area contributed by atoms with Crippen molar-refractivity contribution in [3.8, 4) is 11.3 Å². The Morgan fingerprint density at radius 3 is 2.86 bits per heavy atom. The zero-order chi connectivity index (χ0) is 15.5. The van der Waals surface area contributed by atoms with Crippen LogP contribution in [0.3, 0.4) is 0 Å². The molecule has 1 aromatic heterocycles. The molecular weight excluding hydrogens is 294 g/mol. The first-order chi connectivity index (χ1) is 10.6. The summed E-state index contributed by atoms with van der Waals surface area (Å²) in [5.74, 6) is 0. The fourth-order valence-electron chi connectivity index (χ4n) is 2.86. The fourth-order valence-corrected chi connectivity index (χ4v) is 3.76. The van der Waals surface area contributed by atoms with E-state index in [4.69, 9.17) is 0 Å². The predicted octanol–water partition coefficient (Wildman–Crippen LogP) is 2.52. The molecule has 1 fully saturated rings. The van der Waals surface area contributed by atoms with Crippen molar-refractivity contribution in [2.24, 2.45) is 0 Å². The number of aryl methyl sites for hydroxylation is 2. The van der Waals surface area contributed by atoms with Gasteiger partial charge in [-0.25, -0.2) is 0 Å². The molecule has 0 amide bonds. The average molecular weight is 317 g/mol. The van der Waals surface area contributed by atoms with Crippen molar-refractivity contribution in [2.75, 3.05) is 26.2 Å². The van der Waals surface area contributed by atoms with Gasteiger partial charge in [-0.15, -0.1) is 0 Å². The van der Waals surface area contributed by atoms with Crippen LogP contribution in [0.2, 0.25) is 0 Å². The minimum atomic E-state index is 0.0381. The van der Waals surface area contributed by atoms with E-state index in [-0.39, 0.29) is 4.87 Å². The van der Waals surface area contributed by atoms with Crippen LogP contribution in [0.25, 0.3) is 11.3 Å². The minimum absolute atomic E-state index is 0.0381. The molecule has 1 aromatic carbocycles. The SMILES string of the molecule is Cc1ccc(-c2[nH]c(=O)sc2CN2CCCNCC2)cc1C. The van der Waals surface area contributed by atoms with Crippen molar-refractivity contribution in [1.29, 1.82) is 0 Å². The third-order valence-corrected chi connectivity index (χ3v) is 5.18. The first-order valence-corrected chi connectivity index (χ1v) is 8.68. The Balaban J connectivity index is 1.88. The van der Waals surface area contributed by atoms with E-state index in [0.29, 0.717) is 0 Å². The largest absolute Gasteiger partial charge is 0.315 e. The van der Waals surface area contributed by atoms with Crippen LogP contribution in [0.4, 0.5) is 0 Å². The van der Waals surface area contributed by atoms with E-state index < -0.39 is 0 Å². The summed E-state index contributed by atoms with van der Waals surface area (Å²) < 4.78 is 0. The lowest BCUT2D eigenvalue weighted by Gasteiger charge is -2.19. The van der Waals surface area contributed by atoms with Crippen molar-refractivity contribution in [2.45, 2.75) is 26.8 Å². The third kappa shape index (κ3) is 3.48. The van der Waals surface area contributed by atoms with Crippen LogP contribution in [0.1, 0.15) is 22.4 Å². The Morgan fingerprint density at radius 2 is 2.05 bits per heavy atom. The summed E-state index contributed by atoms with van der Waals surface area (Å²) in [6, 6.07) is 6.40. The smallest absolute Gasteiger partial charge is 0.305 e. The fraction of sp³-hybridized carbons (Fsp3) is 0.471. The lowest BCUT2D eigenvalue weighted by molar-refractivity contribution is 0.287. The van der Waals surface area contributed by atoms with E-state index in [1.54, 1.807) is 0 Å². The van der Waals surface area contributed by atoms with Crippen molar-refractivity contribution in [3.05, 3.63) is 43.9 Å². The highest BCUT2D eigenvalue weighted by molar-refractivity contribution is 7.09. The van der Waals surface area contributed by atoms with Crippen LogP contribution >= 0.6 is 11.3 Å². The van der Waals surface area contributed by atoms with Crippen LogP contribution < -0.4 is 10.2 Å². The quantitative estimate of drug-likeness (QED) is 0.914. The molecule has 0 saturated carbocycles. The molecule has 2 heterocycles. The summed E-state index contributed by atoms with van der Waals surface area (Å²) in [5, 5.41) is 3.42. The van der Waals surface area contributed by atoms with Crippen LogP contribution in [0.5, 0.6) is 0 Å². The van der Waals surface area contributed by atoms with Crippen LogP contribution in [-0.2, 0) is 6.54 Å². The van der Waals surface area contributed by atoms with Crippen molar-refractivity contribution in [1.82, 2.24) is 15.2 Å². The molecule has 3 rings (SSSR count). The molecule has 1 saturated heterocycles. The van der Waals surface area contributed by atoms with Gasteiger partial charge in [0, 0.05) is 24.5 Å². The second-order valence-electron chi connectivity index (χ2n) is 5.99. The standard InChI is InChI=1S/C17H23N3OS/c1-12-4-5-14(10-13(12)2)16-15(22-17(21)19-16)11-20-8-3-6-18-7-9-20/h4-5,10,18H,3,6-9,11H2,1-2H3,(H,19,21). The minimum Gasteiger partial charge on any atom is -0.315 e. The molecule has 0 aliphatic carbocycles. The van der Waals surface area contributed by atoms with Crippen molar-refractivity contribution >= 4 is 11.3 Å². The predicted molar refractivity (Wildman–Crippen MR) is 92.6 cm³/mol. The van der Waals surface area contributed by atoms with E-state index in [9.17, 15) is 4.79 Å². The Labute approximate surface area is 135 Å². The van der Waals surface area contributed by atoms with Crippen LogP contribution in [0.15, 0.2) is 23.0 Å². The van der Waals surface area contributed by atoms with Crippen LogP contribution in [0, 0.1) is 13.8 Å². The zero-order valence-electron chi connectivity index (χ0n) is 13.2. The van der Waals surface area contributed by atoms with Gasteiger partial charge in [0.15, 0.2) is 0 Å². The summed E-state index contributed by atoms with van der Waals surface area (Å²) in [5.41, 5.74) is 4.65. The van der Waals surface area contributed by atoms with Gasteiger partial charge in [-0.05, 0) is 56.1 Å². The van der Waals surface area contributed by atoms with E-state index in [2.05, 4.69) is 47.2 Å². The Bertz CT molecular complexity index is 696. The number of nitrogens with zero attached hydrogens (tertiary/aromatic N) is 1. The van der Waals surface area contributed by atoms with Gasteiger partial charge in [0.1, 0.15) is 0 Å². The maximum absolute atomic E-state index is 11.9. The normalized spacial score (nSPS) is 16.6. The Kier molecular flexibility index (Phi) is 4.76. The molecule has 5 heteroatoms. The summed E-state index contributed by atoms with van der Waals surface area (Å²) >= 11 is 1.35. The van der Waals surface area contributed by atoms with E-state index >= 15 is 0 Å². The van der Waals surface area contributed by atoms with E-state index in [0.717, 1.165) is 55.3 Å². The highest BCUT2D eigenvalue weighted by Gasteiger charge is 2.15. The Morgan fingerprint density at radius 1 is 1.18 bits per heavy atom. The van der Waals surface area contributed by atoms with Gasteiger partial charge in [-0.1, -0.05) is 23.5 Å². The zero-order valence-corrected chi connectivity index (χ0v) is 14.1. The Hall–Kier alpha value is -1.43. The molecule has 1 aliphatic heterocycles. The monoisotopic (exact) mass is 317 g/mol. The number of H-pyrrole nitrogens is 1. The number of rotatable bonds is 3. The average Bonchev–Trinajstić information content (AvgIpc) is 2.70. The molecule has 2 aromatic rings. The molecule has 0 spiro atoms. The van der Waals surface area contributed by atoms with Gasteiger partial charge in [-0.2, -0.15) is 0 Å². The number of benzene rings is 1. The van der Waals surface area contributed by atoms with Gasteiger partial charge >= 0.3 is 4.87 Å². The second kappa shape index (κ2) is 6.77.